The van der Waals surface area contributed by atoms with Crippen LogP contribution in [0.25, 0.3) is 0 Å². The lowest BCUT2D eigenvalue weighted by molar-refractivity contribution is 0.0168. The maximum Gasteiger partial charge on any atom is 0.271 e. The number of carbonyl (C=O) groups is 1. The van der Waals surface area contributed by atoms with Gasteiger partial charge in [0.25, 0.3) is 5.91 Å². The zero-order valence-electron chi connectivity index (χ0n) is 10.6. The van der Waals surface area contributed by atoms with Gasteiger partial charge in [-0.25, -0.2) is 4.98 Å². The molecule has 0 radical (unpaired) electrons. The number of halogens is 3. The Balaban J connectivity index is 2.05. The third-order valence-corrected chi connectivity index (χ3v) is 4.19. The number of pyridine rings is 1. The van der Waals surface area contributed by atoms with Crippen molar-refractivity contribution in [2.75, 3.05) is 18.9 Å². The second-order valence-corrected chi connectivity index (χ2v) is 5.61. The number of ether oxygens (including phenoxy) is 1. The van der Waals surface area contributed by atoms with Crippen molar-refractivity contribution in [3.8, 4) is 0 Å². The molecule has 0 aliphatic carbocycles. The van der Waals surface area contributed by atoms with Crippen LogP contribution in [0.1, 0.15) is 29.8 Å². The molecule has 2 heterocycles. The molecule has 1 atom stereocenters. The van der Waals surface area contributed by atoms with Crippen molar-refractivity contribution in [2.24, 2.45) is 0 Å². The molecule has 2 rings (SSSR count). The Morgan fingerprint density at radius 2 is 2.10 bits per heavy atom. The van der Waals surface area contributed by atoms with Crippen molar-refractivity contribution >= 4 is 46.4 Å². The predicted octanol–water partition coefficient (Wildman–Crippen LogP) is 2.92. The van der Waals surface area contributed by atoms with Gasteiger partial charge in [0.15, 0.2) is 10.8 Å². The van der Waals surface area contributed by atoms with E-state index in [1.807, 2.05) is 0 Å². The van der Waals surface area contributed by atoms with Gasteiger partial charge in [-0.1, -0.05) is 34.8 Å². The van der Waals surface area contributed by atoms with Gasteiger partial charge in [-0.05, 0) is 19.3 Å². The fourth-order valence-corrected chi connectivity index (χ4v) is 2.53. The van der Waals surface area contributed by atoms with E-state index in [1.165, 1.54) is 0 Å². The third-order valence-electron chi connectivity index (χ3n) is 3.05. The number of anilines is 1. The smallest absolute Gasteiger partial charge is 0.271 e. The Kier molecular flexibility index (Phi) is 5.32. The number of aromatic nitrogens is 1. The Labute approximate surface area is 131 Å². The quantitative estimate of drug-likeness (QED) is 0.831. The second-order valence-electron chi connectivity index (χ2n) is 4.49. The first-order chi connectivity index (χ1) is 9.50. The molecule has 5 nitrogen and oxygen atoms in total. The van der Waals surface area contributed by atoms with Gasteiger partial charge in [-0.15, -0.1) is 0 Å². The van der Waals surface area contributed by atoms with E-state index in [2.05, 4.69) is 10.3 Å². The lowest BCUT2D eigenvalue weighted by atomic mass is 10.1. The van der Waals surface area contributed by atoms with Crippen LogP contribution in [-0.4, -0.2) is 30.1 Å². The van der Waals surface area contributed by atoms with Crippen molar-refractivity contribution in [1.82, 2.24) is 10.3 Å². The molecule has 1 aliphatic rings. The van der Waals surface area contributed by atoms with Gasteiger partial charge < -0.3 is 15.8 Å². The topological polar surface area (TPSA) is 77.2 Å². The van der Waals surface area contributed by atoms with Crippen molar-refractivity contribution in [3.05, 3.63) is 20.9 Å². The SMILES string of the molecule is Nc1c(Cl)c(Cl)nc(C(=O)NCC2CCCCO2)c1Cl. The molecule has 1 aromatic rings. The average Bonchev–Trinajstić information content (AvgIpc) is 2.47. The Morgan fingerprint density at radius 1 is 1.35 bits per heavy atom. The highest BCUT2D eigenvalue weighted by Crippen LogP contribution is 2.34. The average molecular weight is 339 g/mol. The fraction of sp³-hybridized carbons (Fsp3) is 0.500. The van der Waals surface area contributed by atoms with Crippen LogP contribution in [0.3, 0.4) is 0 Å². The van der Waals surface area contributed by atoms with Crippen molar-refractivity contribution in [3.63, 3.8) is 0 Å². The molecule has 1 aliphatic heterocycles. The molecule has 0 bridgehead atoms. The Morgan fingerprint density at radius 3 is 2.75 bits per heavy atom. The summed E-state index contributed by atoms with van der Waals surface area (Å²) >= 11 is 17.6. The maximum atomic E-state index is 12.1. The minimum absolute atomic E-state index is 0.00135. The largest absolute Gasteiger partial charge is 0.396 e. The lowest BCUT2D eigenvalue weighted by Gasteiger charge is -2.22. The number of carbonyl (C=O) groups excluding carboxylic acids is 1. The Hall–Kier alpha value is -0.750. The molecule has 1 aromatic heterocycles. The maximum absolute atomic E-state index is 12.1. The molecule has 0 saturated carbocycles. The van der Waals surface area contributed by atoms with Crippen LogP contribution in [0.15, 0.2) is 0 Å². The first-order valence-electron chi connectivity index (χ1n) is 6.20. The summed E-state index contributed by atoms with van der Waals surface area (Å²) in [5, 5.41) is 2.71. The van der Waals surface area contributed by atoms with Crippen LogP contribution in [-0.2, 0) is 4.74 Å². The molecule has 1 fully saturated rings. The fourth-order valence-electron chi connectivity index (χ4n) is 1.94. The van der Waals surface area contributed by atoms with E-state index < -0.39 is 5.91 Å². The number of nitrogens with one attached hydrogen (secondary N) is 1. The number of rotatable bonds is 3. The molecule has 1 unspecified atom stereocenters. The van der Waals surface area contributed by atoms with E-state index in [-0.39, 0.29) is 32.7 Å². The van der Waals surface area contributed by atoms with Crippen LogP contribution in [0.4, 0.5) is 5.69 Å². The van der Waals surface area contributed by atoms with E-state index in [1.54, 1.807) is 0 Å². The standard InChI is InChI=1S/C12H14Cl3N3O2/c13-7-9(16)8(14)11(15)18-10(7)12(19)17-5-6-3-1-2-4-20-6/h6H,1-5H2,(H2,16,18)(H,17,19). The first-order valence-corrected chi connectivity index (χ1v) is 7.34. The highest BCUT2D eigenvalue weighted by molar-refractivity contribution is 6.46. The summed E-state index contributed by atoms with van der Waals surface area (Å²) in [6.45, 7) is 1.12. The van der Waals surface area contributed by atoms with Crippen molar-refractivity contribution in [1.29, 1.82) is 0 Å². The van der Waals surface area contributed by atoms with Crippen LogP contribution >= 0.6 is 34.8 Å². The highest BCUT2D eigenvalue weighted by atomic mass is 35.5. The van der Waals surface area contributed by atoms with Crippen LogP contribution in [0, 0.1) is 0 Å². The summed E-state index contributed by atoms with van der Waals surface area (Å²) in [6.07, 6.45) is 3.09. The second kappa shape index (κ2) is 6.80. The molecular formula is C12H14Cl3N3O2. The molecule has 110 valence electrons. The van der Waals surface area contributed by atoms with Gasteiger partial charge in [0.1, 0.15) is 5.02 Å². The van der Waals surface area contributed by atoms with Gasteiger partial charge in [-0.2, -0.15) is 0 Å². The van der Waals surface area contributed by atoms with E-state index in [4.69, 9.17) is 45.3 Å². The van der Waals surface area contributed by atoms with Gasteiger partial charge in [0.05, 0.1) is 16.8 Å². The molecule has 8 heteroatoms. The van der Waals surface area contributed by atoms with Crippen LogP contribution in [0.2, 0.25) is 15.2 Å². The molecule has 1 saturated heterocycles. The summed E-state index contributed by atoms with van der Waals surface area (Å²) in [4.78, 5) is 15.9. The lowest BCUT2D eigenvalue weighted by Crippen LogP contribution is -2.36. The number of nitrogens with zero attached hydrogens (tertiary/aromatic N) is 1. The predicted molar refractivity (Wildman–Crippen MR) is 79.6 cm³/mol. The first kappa shape index (κ1) is 15.6. The van der Waals surface area contributed by atoms with Crippen molar-refractivity contribution in [2.45, 2.75) is 25.4 Å². The summed E-state index contributed by atoms with van der Waals surface area (Å²) in [5.41, 5.74) is 5.68. The van der Waals surface area contributed by atoms with Gasteiger partial charge >= 0.3 is 0 Å². The molecule has 1 amide bonds. The van der Waals surface area contributed by atoms with E-state index >= 15 is 0 Å². The summed E-state index contributed by atoms with van der Waals surface area (Å²) in [6, 6.07) is 0. The zero-order valence-corrected chi connectivity index (χ0v) is 12.9. The van der Waals surface area contributed by atoms with E-state index in [0.29, 0.717) is 6.54 Å². The van der Waals surface area contributed by atoms with E-state index in [0.717, 1.165) is 25.9 Å². The number of hydrogen-bond donors (Lipinski definition) is 2. The summed E-state index contributed by atoms with van der Waals surface area (Å²) in [5.74, 6) is -0.450. The van der Waals surface area contributed by atoms with Crippen LogP contribution < -0.4 is 11.1 Å². The van der Waals surface area contributed by atoms with Gasteiger partial charge in [-0.3, -0.25) is 4.79 Å². The minimum atomic E-state index is -0.450. The van der Waals surface area contributed by atoms with Crippen LogP contribution in [0.5, 0.6) is 0 Å². The third kappa shape index (κ3) is 3.47. The van der Waals surface area contributed by atoms with Gasteiger partial charge in [0.2, 0.25) is 0 Å². The highest BCUT2D eigenvalue weighted by Gasteiger charge is 2.21. The number of nitrogens with two attached hydrogens (primary N) is 1. The molecular weight excluding hydrogens is 325 g/mol. The molecule has 0 aromatic carbocycles. The normalized spacial score (nSPS) is 18.9. The minimum Gasteiger partial charge on any atom is -0.396 e. The van der Waals surface area contributed by atoms with E-state index in [9.17, 15) is 4.79 Å². The molecule has 20 heavy (non-hydrogen) atoms. The van der Waals surface area contributed by atoms with Crippen molar-refractivity contribution < 1.29 is 9.53 Å². The number of nitrogen functional groups attached to an aromatic ring is 1. The number of hydrogen-bond acceptors (Lipinski definition) is 4. The summed E-state index contributed by atoms with van der Waals surface area (Å²) in [7, 11) is 0. The zero-order chi connectivity index (χ0) is 14.7. The number of amides is 1. The Bertz CT molecular complexity index is 519. The molecule has 3 N–H and O–H groups in total. The van der Waals surface area contributed by atoms with Gasteiger partial charge in [0, 0.05) is 13.2 Å². The monoisotopic (exact) mass is 337 g/mol. The molecule has 0 spiro atoms. The summed E-state index contributed by atoms with van der Waals surface area (Å²) < 4.78 is 5.52.